The van der Waals surface area contributed by atoms with Crippen LogP contribution < -0.4 is 0 Å². The highest BCUT2D eigenvalue weighted by Gasteiger charge is 2.20. The Hall–Kier alpha value is -5.66. The summed E-state index contributed by atoms with van der Waals surface area (Å²) in [6.45, 7) is 4.48. The molecule has 0 radical (unpaired) electrons. The smallest absolute Gasteiger partial charge is 0.143 e. The molecule has 0 saturated carbocycles. The lowest BCUT2D eigenvalue weighted by atomic mass is 9.84. The summed E-state index contributed by atoms with van der Waals surface area (Å²) in [7, 11) is 0. The monoisotopic (exact) mass is 574 g/mol. The van der Waals surface area contributed by atoms with Crippen molar-refractivity contribution in [2.75, 3.05) is 0 Å². The Bertz CT molecular complexity index is 2560. The van der Waals surface area contributed by atoms with Gasteiger partial charge in [-0.3, -0.25) is 0 Å². The number of furan rings is 1. The van der Waals surface area contributed by atoms with Crippen molar-refractivity contribution >= 4 is 54.3 Å². The number of hydrogen-bond acceptors (Lipinski definition) is 1. The van der Waals surface area contributed by atoms with E-state index in [2.05, 4.69) is 153 Å². The van der Waals surface area contributed by atoms with Crippen LogP contribution in [0.3, 0.4) is 0 Å². The number of fused-ring (bicyclic) bond motifs is 6. The van der Waals surface area contributed by atoms with Crippen molar-refractivity contribution < 1.29 is 4.42 Å². The van der Waals surface area contributed by atoms with Gasteiger partial charge < -0.3 is 4.42 Å². The molecule has 1 heterocycles. The van der Waals surface area contributed by atoms with E-state index >= 15 is 0 Å². The van der Waals surface area contributed by atoms with Crippen molar-refractivity contribution in [3.8, 4) is 33.4 Å². The quantitative estimate of drug-likeness (QED) is 0.191. The first kappa shape index (κ1) is 25.8. The third-order valence-electron chi connectivity index (χ3n) is 9.62. The van der Waals surface area contributed by atoms with E-state index in [0.717, 1.165) is 27.5 Å². The number of para-hydroxylation sites is 2. The van der Waals surface area contributed by atoms with E-state index in [0.29, 0.717) is 0 Å². The van der Waals surface area contributed by atoms with Gasteiger partial charge in [-0.05, 0) is 91.7 Å². The first-order valence-electron chi connectivity index (χ1n) is 15.6. The fourth-order valence-corrected chi connectivity index (χ4v) is 7.46. The molecule has 0 aliphatic rings. The summed E-state index contributed by atoms with van der Waals surface area (Å²) < 4.78 is 6.57. The molecule has 9 rings (SSSR count). The molecule has 0 amide bonds. The SMILES string of the molecule is Cc1ccc(-c2c3ccccc3c(-c3cccc4c3oc3ccccc34)c3ccccc23)cc1-c1ccc2ccccc2c1C. The fourth-order valence-electron chi connectivity index (χ4n) is 7.46. The van der Waals surface area contributed by atoms with Gasteiger partial charge in [-0.2, -0.15) is 0 Å². The first-order chi connectivity index (χ1) is 22.2. The Kier molecular flexibility index (Phi) is 5.70. The number of aryl methyl sites for hydroxylation is 2. The number of rotatable bonds is 3. The molecule has 0 aliphatic carbocycles. The molecule has 0 saturated heterocycles. The molecule has 212 valence electrons. The second-order valence-corrected chi connectivity index (χ2v) is 12.1. The maximum Gasteiger partial charge on any atom is 0.143 e. The van der Waals surface area contributed by atoms with Crippen LogP contribution >= 0.6 is 0 Å². The van der Waals surface area contributed by atoms with Crippen LogP contribution in [0.5, 0.6) is 0 Å². The molecular formula is C44H30O. The van der Waals surface area contributed by atoms with E-state index < -0.39 is 0 Å². The van der Waals surface area contributed by atoms with E-state index in [4.69, 9.17) is 4.42 Å². The lowest BCUT2D eigenvalue weighted by Crippen LogP contribution is -1.93. The van der Waals surface area contributed by atoms with Crippen LogP contribution in [0.2, 0.25) is 0 Å². The van der Waals surface area contributed by atoms with Crippen LogP contribution in [0, 0.1) is 13.8 Å². The summed E-state index contributed by atoms with van der Waals surface area (Å²) in [5.74, 6) is 0. The molecule has 1 nitrogen and oxygen atoms in total. The Morgan fingerprint density at radius 1 is 0.400 bits per heavy atom. The van der Waals surface area contributed by atoms with Crippen LogP contribution in [0.4, 0.5) is 0 Å². The van der Waals surface area contributed by atoms with E-state index in [9.17, 15) is 0 Å². The topological polar surface area (TPSA) is 13.1 Å². The van der Waals surface area contributed by atoms with Gasteiger partial charge in [0, 0.05) is 21.9 Å². The lowest BCUT2D eigenvalue weighted by molar-refractivity contribution is 0.670. The molecule has 0 atom stereocenters. The molecule has 0 N–H and O–H groups in total. The Labute approximate surface area is 262 Å². The van der Waals surface area contributed by atoms with Crippen molar-refractivity contribution in [1.82, 2.24) is 0 Å². The van der Waals surface area contributed by atoms with Gasteiger partial charge in [0.2, 0.25) is 0 Å². The zero-order valence-electron chi connectivity index (χ0n) is 25.3. The van der Waals surface area contributed by atoms with Crippen LogP contribution in [0.25, 0.3) is 87.6 Å². The first-order valence-corrected chi connectivity index (χ1v) is 15.6. The van der Waals surface area contributed by atoms with Crippen molar-refractivity contribution in [3.05, 3.63) is 157 Å². The molecule has 0 spiro atoms. The maximum absolute atomic E-state index is 6.57. The fraction of sp³-hybridized carbons (Fsp3) is 0.0455. The minimum atomic E-state index is 0.918. The largest absolute Gasteiger partial charge is 0.455 e. The zero-order valence-corrected chi connectivity index (χ0v) is 25.3. The molecule has 9 aromatic rings. The van der Waals surface area contributed by atoms with E-state index in [1.807, 2.05) is 6.07 Å². The standard InChI is InChI=1S/C44H30O/c1-27-22-23-30(26-40(27)32-25-24-29-12-3-4-13-31(29)28(32)2)42-34-15-5-7-17-36(34)43(37-18-8-6-16-35(37)42)39-20-11-19-38-33-14-9-10-21-41(33)45-44(38)39/h3-26H,1-2H3. The van der Waals surface area contributed by atoms with Crippen molar-refractivity contribution in [2.45, 2.75) is 13.8 Å². The average molecular weight is 575 g/mol. The van der Waals surface area contributed by atoms with E-state index in [1.54, 1.807) is 0 Å². The molecule has 8 aromatic carbocycles. The maximum atomic E-state index is 6.57. The molecular weight excluding hydrogens is 544 g/mol. The van der Waals surface area contributed by atoms with Gasteiger partial charge in [0.1, 0.15) is 11.2 Å². The van der Waals surface area contributed by atoms with Gasteiger partial charge in [-0.15, -0.1) is 0 Å². The highest BCUT2D eigenvalue weighted by Crippen LogP contribution is 2.47. The lowest BCUT2D eigenvalue weighted by Gasteiger charge is -2.19. The number of hydrogen-bond donors (Lipinski definition) is 0. The average Bonchev–Trinajstić information content (AvgIpc) is 3.47. The van der Waals surface area contributed by atoms with Crippen LogP contribution in [0.15, 0.2) is 150 Å². The van der Waals surface area contributed by atoms with Crippen LogP contribution in [-0.2, 0) is 0 Å². The highest BCUT2D eigenvalue weighted by molar-refractivity contribution is 6.24. The van der Waals surface area contributed by atoms with Crippen molar-refractivity contribution in [3.63, 3.8) is 0 Å². The van der Waals surface area contributed by atoms with E-state index in [-0.39, 0.29) is 0 Å². The summed E-state index contributed by atoms with van der Waals surface area (Å²) >= 11 is 0. The zero-order chi connectivity index (χ0) is 30.1. The van der Waals surface area contributed by atoms with Gasteiger partial charge >= 0.3 is 0 Å². The van der Waals surface area contributed by atoms with Gasteiger partial charge in [0.15, 0.2) is 0 Å². The van der Waals surface area contributed by atoms with Crippen molar-refractivity contribution in [2.24, 2.45) is 0 Å². The predicted octanol–water partition coefficient (Wildman–Crippen LogP) is 12.7. The summed E-state index contributed by atoms with van der Waals surface area (Å²) in [5, 5.41) is 9.81. The minimum Gasteiger partial charge on any atom is -0.455 e. The molecule has 45 heavy (non-hydrogen) atoms. The summed E-state index contributed by atoms with van der Waals surface area (Å²) in [5.41, 5.74) is 11.8. The molecule has 0 aliphatic heterocycles. The van der Waals surface area contributed by atoms with Gasteiger partial charge in [0.05, 0.1) is 0 Å². The molecule has 0 fully saturated rings. The molecule has 1 heteroatoms. The summed E-state index contributed by atoms with van der Waals surface area (Å²) in [6, 6.07) is 52.8. The Morgan fingerprint density at radius 3 is 1.73 bits per heavy atom. The predicted molar refractivity (Wildman–Crippen MR) is 192 cm³/mol. The van der Waals surface area contributed by atoms with Gasteiger partial charge in [0.25, 0.3) is 0 Å². The minimum absolute atomic E-state index is 0.918. The molecule has 1 aromatic heterocycles. The second kappa shape index (κ2) is 9.94. The Morgan fingerprint density at radius 2 is 1.00 bits per heavy atom. The number of benzene rings is 8. The molecule has 0 bridgehead atoms. The summed E-state index contributed by atoms with van der Waals surface area (Å²) in [6.07, 6.45) is 0. The van der Waals surface area contributed by atoms with Gasteiger partial charge in [-0.25, -0.2) is 0 Å². The molecule has 0 unspecified atom stereocenters. The third-order valence-corrected chi connectivity index (χ3v) is 9.62. The second-order valence-electron chi connectivity index (χ2n) is 12.1. The third kappa shape index (κ3) is 3.87. The van der Waals surface area contributed by atoms with Gasteiger partial charge in [-0.1, -0.05) is 133 Å². The van der Waals surface area contributed by atoms with Crippen molar-refractivity contribution in [1.29, 1.82) is 0 Å². The summed E-state index contributed by atoms with van der Waals surface area (Å²) in [4.78, 5) is 0. The normalized spacial score (nSPS) is 11.8. The van der Waals surface area contributed by atoms with E-state index in [1.165, 1.54) is 71.3 Å². The Balaban J connectivity index is 1.35. The van der Waals surface area contributed by atoms with Crippen LogP contribution in [-0.4, -0.2) is 0 Å². The highest BCUT2D eigenvalue weighted by atomic mass is 16.3. The van der Waals surface area contributed by atoms with Crippen LogP contribution in [0.1, 0.15) is 11.1 Å².